The van der Waals surface area contributed by atoms with Crippen molar-refractivity contribution in [2.24, 2.45) is 0 Å². The van der Waals surface area contributed by atoms with E-state index in [1.54, 1.807) is 18.6 Å². The van der Waals surface area contributed by atoms with Gasteiger partial charge in [-0.2, -0.15) is 0 Å². The summed E-state index contributed by atoms with van der Waals surface area (Å²) in [5.74, 6) is 0.889. The molecule has 0 aliphatic carbocycles. The Balaban J connectivity index is 1.69. The van der Waals surface area contributed by atoms with Gasteiger partial charge in [0.2, 0.25) is 0 Å². The van der Waals surface area contributed by atoms with Gasteiger partial charge in [-0.25, -0.2) is 9.78 Å². The molecule has 7 heteroatoms. The SMILES string of the molecule is Cc1cnccc1NC(=O)N1CCN(C)[C@H](c2ncc[nH]2)C1. The van der Waals surface area contributed by atoms with Crippen LogP contribution in [0.3, 0.4) is 0 Å². The maximum Gasteiger partial charge on any atom is 0.321 e. The molecule has 2 aromatic heterocycles. The second-order valence-corrected chi connectivity index (χ2v) is 5.54. The number of H-pyrrole nitrogens is 1. The number of urea groups is 1. The van der Waals surface area contributed by atoms with E-state index in [1.165, 1.54) is 0 Å². The minimum Gasteiger partial charge on any atom is -0.347 e. The van der Waals surface area contributed by atoms with Gasteiger partial charge in [-0.3, -0.25) is 9.88 Å². The van der Waals surface area contributed by atoms with Crippen molar-refractivity contribution < 1.29 is 4.79 Å². The van der Waals surface area contributed by atoms with Gasteiger partial charge in [-0.1, -0.05) is 0 Å². The van der Waals surface area contributed by atoms with Gasteiger partial charge in [0.15, 0.2) is 0 Å². The zero-order valence-electron chi connectivity index (χ0n) is 12.8. The second-order valence-electron chi connectivity index (χ2n) is 5.54. The molecule has 116 valence electrons. The van der Waals surface area contributed by atoms with Crippen molar-refractivity contribution in [1.29, 1.82) is 0 Å². The lowest BCUT2D eigenvalue weighted by molar-refractivity contribution is 0.112. The Morgan fingerprint density at radius 1 is 1.41 bits per heavy atom. The summed E-state index contributed by atoms with van der Waals surface area (Å²) in [5.41, 5.74) is 1.75. The number of amides is 2. The van der Waals surface area contributed by atoms with E-state index in [1.807, 2.05) is 24.1 Å². The van der Waals surface area contributed by atoms with Crippen LogP contribution in [0.5, 0.6) is 0 Å². The Hall–Kier alpha value is -2.41. The van der Waals surface area contributed by atoms with E-state index in [-0.39, 0.29) is 12.1 Å². The molecule has 2 amide bonds. The molecule has 0 unspecified atom stereocenters. The van der Waals surface area contributed by atoms with Crippen LogP contribution in [0, 0.1) is 6.92 Å². The van der Waals surface area contributed by atoms with E-state index < -0.39 is 0 Å². The Bertz CT molecular complexity index is 641. The summed E-state index contributed by atoms with van der Waals surface area (Å²) in [6, 6.07) is 1.82. The maximum absolute atomic E-state index is 12.5. The molecular formula is C15H20N6O. The summed E-state index contributed by atoms with van der Waals surface area (Å²) in [5, 5.41) is 2.96. The van der Waals surface area contributed by atoms with Gasteiger partial charge in [0.05, 0.1) is 6.04 Å². The fourth-order valence-corrected chi connectivity index (χ4v) is 2.62. The molecule has 0 aromatic carbocycles. The van der Waals surface area contributed by atoms with Crippen molar-refractivity contribution in [3.8, 4) is 0 Å². The Labute approximate surface area is 129 Å². The lowest BCUT2D eigenvalue weighted by Crippen LogP contribution is -2.50. The topological polar surface area (TPSA) is 77.2 Å². The van der Waals surface area contributed by atoms with Gasteiger partial charge in [0, 0.05) is 50.1 Å². The number of carbonyl (C=O) groups is 1. The van der Waals surface area contributed by atoms with Crippen molar-refractivity contribution in [1.82, 2.24) is 24.8 Å². The number of aromatic nitrogens is 3. The molecule has 0 saturated carbocycles. The molecular weight excluding hydrogens is 280 g/mol. The molecule has 7 nitrogen and oxygen atoms in total. The molecule has 1 atom stereocenters. The fourth-order valence-electron chi connectivity index (χ4n) is 2.62. The first kappa shape index (κ1) is 14.5. The van der Waals surface area contributed by atoms with Crippen molar-refractivity contribution in [3.05, 3.63) is 42.2 Å². The fraction of sp³-hybridized carbons (Fsp3) is 0.400. The Morgan fingerprint density at radius 3 is 3.00 bits per heavy atom. The zero-order valence-corrected chi connectivity index (χ0v) is 12.8. The van der Waals surface area contributed by atoms with Crippen molar-refractivity contribution in [3.63, 3.8) is 0 Å². The van der Waals surface area contributed by atoms with E-state index in [2.05, 4.69) is 32.2 Å². The largest absolute Gasteiger partial charge is 0.347 e. The lowest BCUT2D eigenvalue weighted by atomic mass is 10.1. The van der Waals surface area contributed by atoms with E-state index in [4.69, 9.17) is 0 Å². The van der Waals surface area contributed by atoms with Crippen molar-refractivity contribution in [2.75, 3.05) is 32.0 Å². The molecule has 0 bridgehead atoms. The molecule has 2 N–H and O–H groups in total. The highest BCUT2D eigenvalue weighted by Crippen LogP contribution is 2.22. The molecule has 0 spiro atoms. The van der Waals surface area contributed by atoms with Crippen molar-refractivity contribution >= 4 is 11.7 Å². The normalized spacial score (nSPS) is 19.2. The van der Waals surface area contributed by atoms with Crippen LogP contribution < -0.4 is 5.32 Å². The predicted octanol–water partition coefficient (Wildman–Crippen LogP) is 1.63. The third-order valence-corrected chi connectivity index (χ3v) is 4.03. The average molecular weight is 300 g/mol. The number of imidazole rings is 1. The molecule has 1 saturated heterocycles. The summed E-state index contributed by atoms with van der Waals surface area (Å²) in [4.78, 5) is 28.0. The first-order valence-corrected chi connectivity index (χ1v) is 7.31. The quantitative estimate of drug-likeness (QED) is 0.884. The molecule has 3 heterocycles. The number of likely N-dealkylation sites (N-methyl/N-ethyl adjacent to an activating group) is 1. The molecule has 1 fully saturated rings. The highest BCUT2D eigenvalue weighted by Gasteiger charge is 2.30. The monoisotopic (exact) mass is 300 g/mol. The van der Waals surface area contributed by atoms with E-state index >= 15 is 0 Å². The molecule has 3 rings (SSSR count). The highest BCUT2D eigenvalue weighted by atomic mass is 16.2. The first-order valence-electron chi connectivity index (χ1n) is 7.31. The minimum atomic E-state index is -0.0843. The number of nitrogens with one attached hydrogen (secondary N) is 2. The Morgan fingerprint density at radius 2 is 2.27 bits per heavy atom. The molecule has 1 aliphatic heterocycles. The third kappa shape index (κ3) is 2.94. The van der Waals surface area contributed by atoms with Crippen LogP contribution in [0.25, 0.3) is 0 Å². The van der Waals surface area contributed by atoms with E-state index in [0.29, 0.717) is 13.1 Å². The standard InChI is InChI=1S/C15H20N6O/c1-11-9-16-4-3-12(11)19-15(22)21-8-7-20(2)13(10-21)14-17-5-6-18-14/h3-6,9,13H,7-8,10H2,1-2H3,(H,17,18)(H,16,19,22)/t13-/m0/s1. The number of carbonyl (C=O) groups excluding carboxylic acids is 1. The number of rotatable bonds is 2. The van der Waals surface area contributed by atoms with Crippen LogP contribution in [-0.2, 0) is 0 Å². The maximum atomic E-state index is 12.5. The summed E-state index contributed by atoms with van der Waals surface area (Å²) in [6.45, 7) is 4.05. The number of aromatic amines is 1. The van der Waals surface area contributed by atoms with Gasteiger partial charge in [0.25, 0.3) is 0 Å². The van der Waals surface area contributed by atoms with Gasteiger partial charge in [-0.15, -0.1) is 0 Å². The number of aryl methyl sites for hydroxylation is 1. The number of pyridine rings is 1. The smallest absolute Gasteiger partial charge is 0.321 e. The van der Waals surface area contributed by atoms with Gasteiger partial charge >= 0.3 is 6.03 Å². The molecule has 0 radical (unpaired) electrons. The van der Waals surface area contributed by atoms with Crippen LogP contribution in [0.4, 0.5) is 10.5 Å². The van der Waals surface area contributed by atoms with Crippen LogP contribution in [0.2, 0.25) is 0 Å². The summed E-state index contributed by atoms with van der Waals surface area (Å²) < 4.78 is 0. The van der Waals surface area contributed by atoms with Gasteiger partial charge < -0.3 is 15.2 Å². The van der Waals surface area contributed by atoms with Gasteiger partial charge in [-0.05, 0) is 25.6 Å². The number of piperazine rings is 1. The van der Waals surface area contributed by atoms with Crippen LogP contribution in [-0.4, -0.2) is 57.5 Å². The van der Waals surface area contributed by atoms with Crippen molar-refractivity contribution in [2.45, 2.75) is 13.0 Å². The highest BCUT2D eigenvalue weighted by molar-refractivity contribution is 5.90. The van der Waals surface area contributed by atoms with E-state index in [9.17, 15) is 4.79 Å². The van der Waals surface area contributed by atoms with Gasteiger partial charge in [0.1, 0.15) is 5.82 Å². The molecule has 2 aromatic rings. The number of anilines is 1. The number of hydrogen-bond donors (Lipinski definition) is 2. The average Bonchev–Trinajstić information content (AvgIpc) is 3.04. The second kappa shape index (κ2) is 6.15. The number of nitrogens with zero attached hydrogens (tertiary/aromatic N) is 4. The molecule has 1 aliphatic rings. The zero-order chi connectivity index (χ0) is 15.5. The van der Waals surface area contributed by atoms with E-state index in [0.717, 1.165) is 23.6 Å². The Kier molecular flexibility index (Phi) is 4.06. The van der Waals surface area contributed by atoms with Crippen LogP contribution in [0.1, 0.15) is 17.4 Å². The lowest BCUT2D eigenvalue weighted by Gasteiger charge is -2.38. The summed E-state index contributed by atoms with van der Waals surface area (Å²) in [6.07, 6.45) is 6.97. The van der Waals surface area contributed by atoms with Crippen LogP contribution >= 0.6 is 0 Å². The van der Waals surface area contributed by atoms with Crippen LogP contribution in [0.15, 0.2) is 30.9 Å². The molecule has 22 heavy (non-hydrogen) atoms. The summed E-state index contributed by atoms with van der Waals surface area (Å²) >= 11 is 0. The third-order valence-electron chi connectivity index (χ3n) is 4.03. The summed E-state index contributed by atoms with van der Waals surface area (Å²) in [7, 11) is 2.05. The minimum absolute atomic E-state index is 0.0843. The first-order chi connectivity index (χ1) is 10.6. The predicted molar refractivity (Wildman–Crippen MR) is 83.5 cm³/mol. The number of hydrogen-bond acceptors (Lipinski definition) is 4.